The third kappa shape index (κ3) is 5.62. The van der Waals surface area contributed by atoms with Crippen molar-refractivity contribution >= 4 is 11.9 Å². The minimum Gasteiger partial charge on any atom is -0.480 e. The Morgan fingerprint density at radius 2 is 2.08 bits per heavy atom. The lowest BCUT2D eigenvalue weighted by Gasteiger charge is -2.25. The van der Waals surface area contributed by atoms with Crippen molar-refractivity contribution < 1.29 is 14.7 Å². The van der Waals surface area contributed by atoms with Crippen LogP contribution >= 0.6 is 0 Å². The van der Waals surface area contributed by atoms with Crippen molar-refractivity contribution in [3.8, 4) is 0 Å². The number of benzene rings is 1. The van der Waals surface area contributed by atoms with Gasteiger partial charge in [0.25, 0.3) is 0 Å². The molecule has 1 saturated heterocycles. The maximum atomic E-state index is 12.1. The van der Waals surface area contributed by atoms with Crippen LogP contribution < -0.4 is 10.6 Å². The van der Waals surface area contributed by atoms with Crippen LogP contribution in [0.3, 0.4) is 0 Å². The molecule has 132 valence electrons. The molecule has 1 unspecified atom stereocenters. The summed E-state index contributed by atoms with van der Waals surface area (Å²) in [6.45, 7) is 6.51. The third-order valence-electron chi connectivity index (χ3n) is 4.56. The Morgan fingerprint density at radius 3 is 2.79 bits per heavy atom. The highest BCUT2D eigenvalue weighted by molar-refractivity contribution is 5.78. The van der Waals surface area contributed by atoms with E-state index in [1.807, 2.05) is 19.1 Å². The third-order valence-corrected chi connectivity index (χ3v) is 4.56. The molecule has 1 aliphatic heterocycles. The number of rotatable bonds is 8. The Kier molecular flexibility index (Phi) is 6.34. The standard InChI is InChI=1S/C18H27N3O3/c1-14-5-3-4-6-15(14)7-9-19-16(22)12-21-10-8-18(2,13-21)20-11-17(23)24/h3-6,20H,7-13H2,1-2H3,(H,19,22)(H,23,24). The van der Waals surface area contributed by atoms with Crippen LogP contribution in [0.15, 0.2) is 24.3 Å². The van der Waals surface area contributed by atoms with Crippen molar-refractivity contribution in [3.63, 3.8) is 0 Å². The highest BCUT2D eigenvalue weighted by Gasteiger charge is 2.34. The Labute approximate surface area is 143 Å². The molecule has 3 N–H and O–H groups in total. The van der Waals surface area contributed by atoms with Crippen LogP contribution in [-0.2, 0) is 16.0 Å². The molecule has 6 nitrogen and oxygen atoms in total. The second-order valence-electron chi connectivity index (χ2n) is 6.80. The van der Waals surface area contributed by atoms with Gasteiger partial charge in [0.1, 0.15) is 0 Å². The van der Waals surface area contributed by atoms with Gasteiger partial charge >= 0.3 is 5.97 Å². The van der Waals surface area contributed by atoms with Crippen molar-refractivity contribution in [2.75, 3.05) is 32.7 Å². The molecule has 0 radical (unpaired) electrons. The molecule has 1 atom stereocenters. The molecule has 0 saturated carbocycles. The van der Waals surface area contributed by atoms with Gasteiger partial charge in [0, 0.05) is 25.2 Å². The highest BCUT2D eigenvalue weighted by atomic mass is 16.4. The van der Waals surface area contributed by atoms with Gasteiger partial charge in [-0.2, -0.15) is 0 Å². The van der Waals surface area contributed by atoms with Gasteiger partial charge in [-0.3, -0.25) is 14.5 Å². The highest BCUT2D eigenvalue weighted by Crippen LogP contribution is 2.20. The zero-order chi connectivity index (χ0) is 17.6. The summed E-state index contributed by atoms with van der Waals surface area (Å²) in [5, 5.41) is 14.8. The lowest BCUT2D eigenvalue weighted by Crippen LogP contribution is -2.47. The average Bonchev–Trinajstić information content (AvgIpc) is 2.89. The summed E-state index contributed by atoms with van der Waals surface area (Å²) < 4.78 is 0. The first-order valence-corrected chi connectivity index (χ1v) is 8.38. The number of aryl methyl sites for hydroxylation is 1. The predicted molar refractivity (Wildman–Crippen MR) is 93.0 cm³/mol. The van der Waals surface area contributed by atoms with E-state index in [2.05, 4.69) is 34.6 Å². The van der Waals surface area contributed by atoms with Gasteiger partial charge in [-0.15, -0.1) is 0 Å². The fourth-order valence-electron chi connectivity index (χ4n) is 3.11. The summed E-state index contributed by atoms with van der Waals surface area (Å²) in [6.07, 6.45) is 1.67. The number of carboxylic acids is 1. The van der Waals surface area contributed by atoms with Gasteiger partial charge in [-0.25, -0.2) is 0 Å². The number of carbonyl (C=O) groups excluding carboxylic acids is 1. The fourth-order valence-corrected chi connectivity index (χ4v) is 3.11. The number of hydrogen-bond donors (Lipinski definition) is 3. The monoisotopic (exact) mass is 333 g/mol. The maximum absolute atomic E-state index is 12.1. The molecule has 1 aliphatic rings. The molecule has 1 fully saturated rings. The van der Waals surface area contributed by atoms with Crippen LogP contribution in [0.2, 0.25) is 0 Å². The normalized spacial score (nSPS) is 20.9. The molecular weight excluding hydrogens is 306 g/mol. The quantitative estimate of drug-likeness (QED) is 0.655. The summed E-state index contributed by atoms with van der Waals surface area (Å²) in [5.74, 6) is -0.838. The largest absolute Gasteiger partial charge is 0.480 e. The number of amides is 1. The zero-order valence-electron chi connectivity index (χ0n) is 14.5. The molecular formula is C18H27N3O3. The van der Waals surface area contributed by atoms with Crippen LogP contribution in [0.1, 0.15) is 24.5 Å². The first-order valence-electron chi connectivity index (χ1n) is 8.38. The molecule has 6 heteroatoms. The molecule has 0 spiro atoms. The molecule has 0 aliphatic carbocycles. The van der Waals surface area contributed by atoms with Gasteiger partial charge in [-0.05, 0) is 37.8 Å². The number of likely N-dealkylation sites (tertiary alicyclic amines) is 1. The summed E-state index contributed by atoms with van der Waals surface area (Å²) in [5.41, 5.74) is 2.26. The van der Waals surface area contributed by atoms with Crippen LogP contribution in [0.5, 0.6) is 0 Å². The average molecular weight is 333 g/mol. The lowest BCUT2D eigenvalue weighted by molar-refractivity contribution is -0.136. The van der Waals surface area contributed by atoms with Crippen molar-refractivity contribution in [3.05, 3.63) is 35.4 Å². The fraction of sp³-hybridized carbons (Fsp3) is 0.556. The van der Waals surface area contributed by atoms with E-state index in [1.165, 1.54) is 11.1 Å². The number of nitrogens with one attached hydrogen (secondary N) is 2. The van der Waals surface area contributed by atoms with Gasteiger partial charge in [0.15, 0.2) is 0 Å². The van der Waals surface area contributed by atoms with Crippen molar-refractivity contribution in [2.45, 2.75) is 32.2 Å². The Hall–Kier alpha value is -1.92. The van der Waals surface area contributed by atoms with E-state index >= 15 is 0 Å². The second kappa shape index (κ2) is 8.26. The van der Waals surface area contributed by atoms with Crippen LogP contribution in [-0.4, -0.2) is 60.1 Å². The molecule has 0 aromatic heterocycles. The van der Waals surface area contributed by atoms with Crippen LogP contribution in [0.4, 0.5) is 0 Å². The minimum absolute atomic E-state index is 0.0195. The number of aliphatic carboxylic acids is 1. The SMILES string of the molecule is Cc1ccccc1CCNC(=O)CN1CCC(C)(NCC(=O)O)C1. The number of hydrogen-bond acceptors (Lipinski definition) is 4. The van der Waals surface area contributed by atoms with Gasteiger partial charge in [0.2, 0.25) is 5.91 Å². The summed E-state index contributed by atoms with van der Waals surface area (Å²) in [6, 6.07) is 8.19. The number of carbonyl (C=O) groups is 2. The molecule has 0 bridgehead atoms. The van der Waals surface area contributed by atoms with Crippen LogP contribution in [0.25, 0.3) is 0 Å². The minimum atomic E-state index is -0.858. The Morgan fingerprint density at radius 1 is 1.33 bits per heavy atom. The Bertz CT molecular complexity index is 591. The first-order chi connectivity index (χ1) is 11.4. The topological polar surface area (TPSA) is 81.7 Å². The lowest BCUT2D eigenvalue weighted by atomic mass is 10.0. The molecule has 1 amide bonds. The number of carboxylic acid groups (broad SMARTS) is 1. The van der Waals surface area contributed by atoms with Gasteiger partial charge in [-0.1, -0.05) is 24.3 Å². The first kappa shape index (κ1) is 18.4. The van der Waals surface area contributed by atoms with Crippen LogP contribution in [0, 0.1) is 6.92 Å². The summed E-state index contributed by atoms with van der Waals surface area (Å²) >= 11 is 0. The van der Waals surface area contributed by atoms with Crippen molar-refractivity contribution in [2.24, 2.45) is 0 Å². The van der Waals surface area contributed by atoms with Crippen molar-refractivity contribution in [1.29, 1.82) is 0 Å². The molecule has 2 rings (SSSR count). The predicted octanol–water partition coefficient (Wildman–Crippen LogP) is 0.792. The summed E-state index contributed by atoms with van der Waals surface area (Å²) in [7, 11) is 0. The van der Waals surface area contributed by atoms with Gasteiger partial charge < -0.3 is 15.7 Å². The number of nitrogens with zero attached hydrogens (tertiary/aromatic N) is 1. The van der Waals surface area contributed by atoms with E-state index in [4.69, 9.17) is 5.11 Å². The maximum Gasteiger partial charge on any atom is 0.317 e. The zero-order valence-corrected chi connectivity index (χ0v) is 14.5. The van der Waals surface area contributed by atoms with E-state index < -0.39 is 5.97 Å². The van der Waals surface area contributed by atoms with E-state index in [1.54, 1.807) is 0 Å². The Balaban J connectivity index is 1.70. The van der Waals surface area contributed by atoms with E-state index in [0.717, 1.165) is 19.4 Å². The molecule has 1 aromatic carbocycles. The molecule has 1 heterocycles. The summed E-state index contributed by atoms with van der Waals surface area (Å²) in [4.78, 5) is 24.8. The molecule has 1 aromatic rings. The smallest absolute Gasteiger partial charge is 0.317 e. The van der Waals surface area contributed by atoms with Gasteiger partial charge in [0.05, 0.1) is 13.1 Å². The van der Waals surface area contributed by atoms with Crippen molar-refractivity contribution in [1.82, 2.24) is 15.5 Å². The second-order valence-corrected chi connectivity index (χ2v) is 6.80. The molecule has 24 heavy (non-hydrogen) atoms. The van der Waals surface area contributed by atoms with E-state index in [-0.39, 0.29) is 18.0 Å². The van der Waals surface area contributed by atoms with E-state index in [0.29, 0.717) is 19.6 Å². The van der Waals surface area contributed by atoms with E-state index in [9.17, 15) is 9.59 Å².